The fourth-order valence-corrected chi connectivity index (χ4v) is 3.45. The Labute approximate surface area is 170 Å². The summed E-state index contributed by atoms with van der Waals surface area (Å²) in [6.45, 7) is 1.82. The molecule has 3 aromatic rings. The van der Waals surface area contributed by atoms with Crippen molar-refractivity contribution in [2.45, 2.75) is 19.4 Å². The molecular weight excluding hydrogens is 395 g/mol. The highest BCUT2D eigenvalue weighted by Gasteiger charge is 2.22. The molecule has 0 spiro atoms. The quantitative estimate of drug-likeness (QED) is 0.293. The number of aryl methyl sites for hydroxylation is 1. The number of amides is 1. The number of primary amides is 1. The number of aldehydes is 1. The van der Waals surface area contributed by atoms with Gasteiger partial charge in [0, 0.05) is 18.8 Å². The Morgan fingerprint density at radius 3 is 2.66 bits per heavy atom. The second kappa shape index (κ2) is 8.76. The second-order valence-corrected chi connectivity index (χ2v) is 7.15. The van der Waals surface area contributed by atoms with Crippen molar-refractivity contribution in [1.29, 1.82) is 0 Å². The molecule has 2 heterocycles. The first-order valence-electron chi connectivity index (χ1n) is 8.61. The smallest absolute Gasteiger partial charge is 0.250 e. The van der Waals surface area contributed by atoms with Gasteiger partial charge >= 0.3 is 0 Å². The highest BCUT2D eigenvalue weighted by molar-refractivity contribution is 7.10. The fourth-order valence-electron chi connectivity index (χ4n) is 2.77. The van der Waals surface area contributed by atoms with E-state index in [0.29, 0.717) is 11.3 Å². The van der Waals surface area contributed by atoms with Crippen LogP contribution in [0, 0.1) is 12.7 Å². The predicted octanol–water partition coefficient (Wildman–Crippen LogP) is 2.32. The number of benzene rings is 1. The molecule has 0 saturated heterocycles. The maximum absolute atomic E-state index is 14.7. The van der Waals surface area contributed by atoms with E-state index in [-0.39, 0.29) is 23.4 Å². The Morgan fingerprint density at radius 2 is 2.07 bits per heavy atom. The Bertz CT molecular complexity index is 1030. The summed E-state index contributed by atoms with van der Waals surface area (Å²) >= 11 is 1.18. The van der Waals surface area contributed by atoms with Gasteiger partial charge in [-0.05, 0) is 54.4 Å². The normalized spacial score (nSPS) is 11.7. The lowest BCUT2D eigenvalue weighted by Gasteiger charge is -2.26. The van der Waals surface area contributed by atoms with Gasteiger partial charge in [-0.3, -0.25) is 14.8 Å². The molecule has 0 aliphatic carbocycles. The minimum atomic E-state index is -0.829. The molecule has 150 valence electrons. The van der Waals surface area contributed by atoms with Crippen molar-refractivity contribution in [2.75, 3.05) is 10.3 Å². The molecule has 1 atom stereocenters. The van der Waals surface area contributed by atoms with Gasteiger partial charge in [-0.2, -0.15) is 4.37 Å². The lowest BCUT2D eigenvalue weighted by Crippen LogP contribution is -2.44. The zero-order valence-corrected chi connectivity index (χ0v) is 16.3. The molecule has 0 aliphatic heterocycles. The van der Waals surface area contributed by atoms with Crippen molar-refractivity contribution in [3.63, 3.8) is 0 Å². The lowest BCUT2D eigenvalue weighted by atomic mass is 10.1. The molecule has 0 fully saturated rings. The van der Waals surface area contributed by atoms with Gasteiger partial charge < -0.3 is 15.8 Å². The summed E-state index contributed by atoms with van der Waals surface area (Å²) < 4.78 is 18.9. The summed E-state index contributed by atoms with van der Waals surface area (Å²) in [5, 5.41) is 4.70. The number of hydrogen-bond donors (Lipinski definition) is 3. The van der Waals surface area contributed by atoms with E-state index in [9.17, 15) is 14.0 Å². The summed E-state index contributed by atoms with van der Waals surface area (Å²) in [5.41, 5.74) is 7.18. The number of nitrogens with two attached hydrogens (primary N) is 2. The first-order valence-corrected chi connectivity index (χ1v) is 9.38. The maximum Gasteiger partial charge on any atom is 0.250 e. The van der Waals surface area contributed by atoms with E-state index in [0.717, 1.165) is 22.3 Å². The number of pyridine rings is 1. The van der Waals surface area contributed by atoms with Crippen LogP contribution in [-0.4, -0.2) is 27.6 Å². The van der Waals surface area contributed by atoms with Gasteiger partial charge in [-0.25, -0.2) is 10.2 Å². The second-order valence-electron chi connectivity index (χ2n) is 6.34. The van der Waals surface area contributed by atoms with Crippen LogP contribution >= 0.6 is 11.5 Å². The van der Waals surface area contributed by atoms with Crippen LogP contribution in [0.25, 0.3) is 0 Å². The third kappa shape index (κ3) is 4.73. The zero-order chi connectivity index (χ0) is 21.0. The topological polar surface area (TPSA) is 127 Å². The molecule has 1 aromatic carbocycles. The van der Waals surface area contributed by atoms with Gasteiger partial charge in [0.05, 0.1) is 22.6 Å². The van der Waals surface area contributed by atoms with E-state index in [4.69, 9.17) is 11.6 Å². The number of rotatable bonds is 8. The van der Waals surface area contributed by atoms with Crippen molar-refractivity contribution in [1.82, 2.24) is 9.36 Å². The summed E-state index contributed by atoms with van der Waals surface area (Å²) in [6.07, 6.45) is 4.09. The van der Waals surface area contributed by atoms with Crippen LogP contribution in [0.5, 0.6) is 0 Å². The van der Waals surface area contributed by atoms with Crippen LogP contribution in [-0.2, 0) is 11.2 Å². The SMILES string of the molecule is Cc1cc(Nc2cc(N(N)[C@@H](C=O)Cc3ccncc3)c(F)cc2C(N)=O)sn1. The highest BCUT2D eigenvalue weighted by atomic mass is 32.1. The largest absolute Gasteiger partial charge is 0.366 e. The summed E-state index contributed by atoms with van der Waals surface area (Å²) in [6, 6.07) is 6.79. The third-order valence-electron chi connectivity index (χ3n) is 4.23. The van der Waals surface area contributed by atoms with Crippen LogP contribution in [0.4, 0.5) is 20.8 Å². The van der Waals surface area contributed by atoms with Gasteiger partial charge in [0.2, 0.25) is 0 Å². The molecule has 0 aliphatic rings. The Hall–Kier alpha value is -3.37. The number of carbonyl (C=O) groups is 2. The van der Waals surface area contributed by atoms with Gasteiger partial charge in [-0.15, -0.1) is 0 Å². The molecule has 5 N–H and O–H groups in total. The number of hydrazine groups is 1. The molecule has 0 saturated carbocycles. The number of aromatic nitrogens is 2. The molecule has 2 aromatic heterocycles. The summed E-state index contributed by atoms with van der Waals surface area (Å²) in [5.74, 6) is 4.51. The minimum Gasteiger partial charge on any atom is -0.366 e. The number of anilines is 3. The van der Waals surface area contributed by atoms with E-state index >= 15 is 0 Å². The average Bonchev–Trinajstić information content (AvgIpc) is 3.12. The Kier molecular flexibility index (Phi) is 6.15. The standard InChI is InChI=1S/C19H19FN6O2S/c1-11-6-18(29-25-11)24-16-9-17(15(20)8-14(16)19(21)28)26(22)13(10-27)7-12-2-4-23-5-3-12/h2-6,8-10,13,24H,7,22H2,1H3,(H2,21,28)/t13-/m1/s1. The number of nitrogens with zero attached hydrogens (tertiary/aromatic N) is 3. The highest BCUT2D eigenvalue weighted by Crippen LogP contribution is 2.31. The van der Waals surface area contributed by atoms with Crippen LogP contribution in [0.3, 0.4) is 0 Å². The number of carbonyl (C=O) groups excluding carboxylic acids is 2. The van der Waals surface area contributed by atoms with E-state index in [2.05, 4.69) is 14.7 Å². The first kappa shape index (κ1) is 20.4. The van der Waals surface area contributed by atoms with Crippen molar-refractivity contribution >= 4 is 40.1 Å². The molecule has 1 amide bonds. The van der Waals surface area contributed by atoms with Gasteiger partial charge in [0.15, 0.2) is 0 Å². The van der Waals surface area contributed by atoms with Crippen LogP contribution in [0.1, 0.15) is 21.6 Å². The van der Waals surface area contributed by atoms with Crippen LogP contribution < -0.4 is 21.9 Å². The van der Waals surface area contributed by atoms with E-state index < -0.39 is 17.8 Å². The minimum absolute atomic E-state index is 0.0394. The zero-order valence-electron chi connectivity index (χ0n) is 15.5. The van der Waals surface area contributed by atoms with Crippen LogP contribution in [0.15, 0.2) is 42.7 Å². The Balaban J connectivity index is 1.95. The fraction of sp³-hybridized carbons (Fsp3) is 0.158. The van der Waals surface area contributed by atoms with E-state index in [1.807, 2.05) is 6.92 Å². The molecule has 0 bridgehead atoms. The molecule has 0 unspecified atom stereocenters. The van der Waals surface area contributed by atoms with Gasteiger partial charge in [-0.1, -0.05) is 0 Å². The van der Waals surface area contributed by atoms with Crippen molar-refractivity contribution in [3.8, 4) is 0 Å². The van der Waals surface area contributed by atoms with E-state index in [1.165, 1.54) is 17.6 Å². The number of halogens is 1. The average molecular weight is 414 g/mol. The number of nitrogens with one attached hydrogen (secondary N) is 1. The van der Waals surface area contributed by atoms with Crippen LogP contribution in [0.2, 0.25) is 0 Å². The van der Waals surface area contributed by atoms with Gasteiger partial charge in [0.1, 0.15) is 23.1 Å². The summed E-state index contributed by atoms with van der Waals surface area (Å²) in [7, 11) is 0. The molecular formula is C19H19FN6O2S. The van der Waals surface area contributed by atoms with Crippen molar-refractivity contribution in [2.24, 2.45) is 11.6 Å². The number of hydrogen-bond acceptors (Lipinski definition) is 8. The monoisotopic (exact) mass is 414 g/mol. The molecule has 3 rings (SSSR count). The van der Waals surface area contributed by atoms with E-state index in [1.54, 1.807) is 30.6 Å². The van der Waals surface area contributed by atoms with Gasteiger partial charge in [0.25, 0.3) is 5.91 Å². The van der Waals surface area contributed by atoms with Crippen molar-refractivity contribution < 1.29 is 14.0 Å². The molecule has 29 heavy (non-hydrogen) atoms. The van der Waals surface area contributed by atoms with Crippen molar-refractivity contribution in [3.05, 3.63) is 65.4 Å². The molecule has 0 radical (unpaired) electrons. The summed E-state index contributed by atoms with van der Waals surface area (Å²) in [4.78, 5) is 27.3. The molecule has 8 nitrogen and oxygen atoms in total. The Morgan fingerprint density at radius 1 is 1.34 bits per heavy atom. The molecule has 10 heteroatoms. The first-order chi connectivity index (χ1) is 13.9. The third-order valence-corrected chi connectivity index (χ3v) is 5.02. The maximum atomic E-state index is 14.7. The lowest BCUT2D eigenvalue weighted by molar-refractivity contribution is -0.109. The predicted molar refractivity (Wildman–Crippen MR) is 110 cm³/mol.